The summed E-state index contributed by atoms with van der Waals surface area (Å²) in [4.78, 5) is 21.8. The second-order valence-electron chi connectivity index (χ2n) is 5.18. The Bertz CT molecular complexity index is 561. The van der Waals surface area contributed by atoms with Crippen molar-refractivity contribution in [1.82, 2.24) is 0 Å². The van der Waals surface area contributed by atoms with Gasteiger partial charge in [-0.05, 0) is 25.3 Å². The standard InChI is InChI=1S/C13H17N3O4/c1-8-3-2-4-10(16(18)19)11(8)20-9-5-6-13(15,7-9)12(14)17/h2-4,9H,5-7,15H2,1H3,(H2,14,17). The molecule has 1 aromatic carbocycles. The lowest BCUT2D eigenvalue weighted by Gasteiger charge is -2.20. The van der Waals surface area contributed by atoms with Crippen LogP contribution in [0.4, 0.5) is 5.69 Å². The van der Waals surface area contributed by atoms with Gasteiger partial charge in [0, 0.05) is 12.5 Å². The zero-order valence-electron chi connectivity index (χ0n) is 11.2. The number of nitrogens with two attached hydrogens (primary N) is 2. The lowest BCUT2D eigenvalue weighted by molar-refractivity contribution is -0.386. The Morgan fingerprint density at radius 3 is 2.80 bits per heavy atom. The van der Waals surface area contributed by atoms with E-state index in [0.717, 1.165) is 0 Å². The largest absolute Gasteiger partial charge is 0.483 e. The summed E-state index contributed by atoms with van der Waals surface area (Å²) < 4.78 is 5.71. The molecule has 7 heteroatoms. The predicted octanol–water partition coefficient (Wildman–Crippen LogP) is 1.02. The Labute approximate surface area is 116 Å². The first-order valence-corrected chi connectivity index (χ1v) is 6.33. The van der Waals surface area contributed by atoms with Crippen LogP contribution < -0.4 is 16.2 Å². The van der Waals surface area contributed by atoms with Crippen molar-refractivity contribution < 1.29 is 14.5 Å². The van der Waals surface area contributed by atoms with Crippen molar-refractivity contribution in [3.8, 4) is 5.75 Å². The molecule has 1 aliphatic rings. The molecule has 20 heavy (non-hydrogen) atoms. The Morgan fingerprint density at radius 2 is 2.25 bits per heavy atom. The number of carbonyl (C=O) groups is 1. The summed E-state index contributed by atoms with van der Waals surface area (Å²) in [5.41, 5.74) is 10.7. The average molecular weight is 279 g/mol. The van der Waals surface area contributed by atoms with Crippen LogP contribution in [0, 0.1) is 17.0 Å². The molecule has 1 aromatic rings. The van der Waals surface area contributed by atoms with Gasteiger partial charge in [0.05, 0.1) is 10.5 Å². The smallest absolute Gasteiger partial charge is 0.311 e. The fourth-order valence-electron chi connectivity index (χ4n) is 2.45. The molecule has 2 unspecified atom stereocenters. The number of benzene rings is 1. The minimum atomic E-state index is -1.08. The van der Waals surface area contributed by atoms with Gasteiger partial charge in [-0.25, -0.2) is 0 Å². The number of amides is 1. The summed E-state index contributed by atoms with van der Waals surface area (Å²) in [6.07, 6.45) is 0.901. The van der Waals surface area contributed by atoms with Gasteiger partial charge >= 0.3 is 5.69 Å². The highest BCUT2D eigenvalue weighted by molar-refractivity contribution is 5.84. The van der Waals surface area contributed by atoms with E-state index >= 15 is 0 Å². The number of nitro groups is 1. The molecule has 2 atom stereocenters. The number of nitro benzene ring substituents is 1. The molecule has 0 aliphatic heterocycles. The normalized spacial score (nSPS) is 25.4. The van der Waals surface area contributed by atoms with Crippen molar-refractivity contribution in [2.45, 2.75) is 37.8 Å². The van der Waals surface area contributed by atoms with E-state index in [1.165, 1.54) is 6.07 Å². The zero-order valence-corrected chi connectivity index (χ0v) is 11.2. The van der Waals surface area contributed by atoms with E-state index in [9.17, 15) is 14.9 Å². The number of hydrogen-bond acceptors (Lipinski definition) is 5. The van der Waals surface area contributed by atoms with Gasteiger partial charge in [-0.3, -0.25) is 14.9 Å². The van der Waals surface area contributed by atoms with Crippen molar-refractivity contribution in [3.63, 3.8) is 0 Å². The van der Waals surface area contributed by atoms with Crippen LogP contribution in [0.25, 0.3) is 0 Å². The molecule has 1 saturated carbocycles. The number of rotatable bonds is 4. The quantitative estimate of drug-likeness (QED) is 0.629. The fraction of sp³-hybridized carbons (Fsp3) is 0.462. The van der Waals surface area contributed by atoms with E-state index in [2.05, 4.69) is 0 Å². The van der Waals surface area contributed by atoms with Crippen molar-refractivity contribution >= 4 is 11.6 Å². The second-order valence-corrected chi connectivity index (χ2v) is 5.18. The molecular weight excluding hydrogens is 262 g/mol. The zero-order chi connectivity index (χ0) is 14.9. The predicted molar refractivity (Wildman–Crippen MR) is 72.2 cm³/mol. The molecule has 1 amide bonds. The van der Waals surface area contributed by atoms with Gasteiger partial charge in [0.15, 0.2) is 5.75 Å². The first-order valence-electron chi connectivity index (χ1n) is 6.33. The van der Waals surface area contributed by atoms with Crippen LogP contribution in [0.15, 0.2) is 18.2 Å². The Kier molecular flexibility index (Phi) is 3.63. The SMILES string of the molecule is Cc1cccc([N+](=O)[O-])c1OC1CCC(N)(C(N)=O)C1. The maximum Gasteiger partial charge on any atom is 0.311 e. The molecule has 0 saturated heterocycles. The van der Waals surface area contributed by atoms with E-state index in [0.29, 0.717) is 18.4 Å². The van der Waals surface area contributed by atoms with Gasteiger partial charge in [0.2, 0.25) is 5.91 Å². The van der Waals surface area contributed by atoms with Gasteiger partial charge in [-0.1, -0.05) is 12.1 Å². The third-order valence-corrected chi connectivity index (χ3v) is 3.67. The number of aryl methyl sites for hydroxylation is 1. The molecule has 4 N–H and O–H groups in total. The highest BCUT2D eigenvalue weighted by atomic mass is 16.6. The lowest BCUT2D eigenvalue weighted by Crippen LogP contribution is -2.50. The van der Waals surface area contributed by atoms with E-state index in [1.54, 1.807) is 19.1 Å². The molecule has 0 heterocycles. The van der Waals surface area contributed by atoms with Gasteiger partial charge in [0.25, 0.3) is 0 Å². The van der Waals surface area contributed by atoms with Crippen LogP contribution in [0.5, 0.6) is 5.75 Å². The maximum atomic E-state index is 11.3. The van der Waals surface area contributed by atoms with Crippen LogP contribution >= 0.6 is 0 Å². The van der Waals surface area contributed by atoms with Crippen LogP contribution in [-0.2, 0) is 4.79 Å². The number of para-hydroxylation sites is 1. The Hall–Kier alpha value is -2.15. The molecular formula is C13H17N3O4. The second kappa shape index (κ2) is 5.09. The summed E-state index contributed by atoms with van der Waals surface area (Å²) >= 11 is 0. The minimum Gasteiger partial charge on any atom is -0.483 e. The van der Waals surface area contributed by atoms with Crippen LogP contribution in [0.3, 0.4) is 0 Å². The Morgan fingerprint density at radius 1 is 1.55 bits per heavy atom. The summed E-state index contributed by atoms with van der Waals surface area (Å²) in [6.45, 7) is 1.74. The highest BCUT2D eigenvalue weighted by Crippen LogP contribution is 2.36. The molecule has 2 rings (SSSR count). The van der Waals surface area contributed by atoms with Crippen molar-refractivity contribution in [3.05, 3.63) is 33.9 Å². The monoisotopic (exact) mass is 279 g/mol. The average Bonchev–Trinajstić information content (AvgIpc) is 2.75. The van der Waals surface area contributed by atoms with Gasteiger partial charge in [-0.15, -0.1) is 0 Å². The summed E-state index contributed by atoms with van der Waals surface area (Å²) in [5, 5.41) is 11.0. The number of ether oxygens (including phenoxy) is 1. The minimum absolute atomic E-state index is 0.0846. The third kappa shape index (κ3) is 2.57. The summed E-state index contributed by atoms with van der Waals surface area (Å²) in [5.74, 6) is -0.334. The summed E-state index contributed by atoms with van der Waals surface area (Å²) in [7, 11) is 0. The van der Waals surface area contributed by atoms with Crippen LogP contribution in [-0.4, -0.2) is 22.5 Å². The van der Waals surface area contributed by atoms with Gasteiger partial charge in [0.1, 0.15) is 6.10 Å². The van der Waals surface area contributed by atoms with Crippen LogP contribution in [0.2, 0.25) is 0 Å². The highest BCUT2D eigenvalue weighted by Gasteiger charge is 2.42. The molecule has 0 aromatic heterocycles. The summed E-state index contributed by atoms with van der Waals surface area (Å²) in [6, 6.07) is 4.73. The van der Waals surface area contributed by atoms with Crippen molar-refractivity contribution in [2.24, 2.45) is 11.5 Å². The van der Waals surface area contributed by atoms with Gasteiger partial charge < -0.3 is 16.2 Å². The van der Waals surface area contributed by atoms with Crippen molar-refractivity contribution in [2.75, 3.05) is 0 Å². The number of carbonyl (C=O) groups excluding carboxylic acids is 1. The third-order valence-electron chi connectivity index (χ3n) is 3.67. The number of hydrogen-bond donors (Lipinski definition) is 2. The van der Waals surface area contributed by atoms with E-state index in [4.69, 9.17) is 16.2 Å². The molecule has 0 bridgehead atoms. The molecule has 0 spiro atoms. The van der Waals surface area contributed by atoms with E-state index < -0.39 is 16.4 Å². The number of primary amides is 1. The van der Waals surface area contributed by atoms with Crippen LogP contribution in [0.1, 0.15) is 24.8 Å². The molecule has 0 radical (unpaired) electrons. The van der Waals surface area contributed by atoms with Crippen molar-refractivity contribution in [1.29, 1.82) is 0 Å². The first-order chi connectivity index (χ1) is 9.33. The fourth-order valence-corrected chi connectivity index (χ4v) is 2.45. The van der Waals surface area contributed by atoms with E-state index in [-0.39, 0.29) is 24.0 Å². The topological polar surface area (TPSA) is 121 Å². The lowest BCUT2D eigenvalue weighted by atomic mass is 9.99. The van der Waals surface area contributed by atoms with E-state index in [1.807, 2.05) is 0 Å². The molecule has 1 fully saturated rings. The molecule has 108 valence electrons. The first kappa shape index (κ1) is 14.3. The molecule has 1 aliphatic carbocycles. The Balaban J connectivity index is 2.20. The number of nitrogens with zero attached hydrogens (tertiary/aromatic N) is 1. The molecule has 7 nitrogen and oxygen atoms in total. The van der Waals surface area contributed by atoms with Gasteiger partial charge in [-0.2, -0.15) is 0 Å². The maximum absolute atomic E-state index is 11.3.